The van der Waals surface area contributed by atoms with Crippen molar-refractivity contribution in [1.82, 2.24) is 14.7 Å². The van der Waals surface area contributed by atoms with Crippen LogP contribution in [0.15, 0.2) is 17.8 Å². The van der Waals surface area contributed by atoms with Crippen molar-refractivity contribution in [1.29, 1.82) is 0 Å². The third-order valence-corrected chi connectivity index (χ3v) is 3.40. The van der Waals surface area contributed by atoms with Gasteiger partial charge < -0.3 is 10.1 Å². The maximum Gasteiger partial charge on any atom is 0.330 e. The van der Waals surface area contributed by atoms with E-state index in [1.165, 1.54) is 18.4 Å². The van der Waals surface area contributed by atoms with Crippen LogP contribution in [0.25, 0.3) is 4.96 Å². The van der Waals surface area contributed by atoms with Crippen molar-refractivity contribution in [3.63, 3.8) is 0 Å². The highest BCUT2D eigenvalue weighted by atomic mass is 32.1. The minimum absolute atomic E-state index is 0.134. The normalized spacial score (nSPS) is 11.5. The first-order valence-corrected chi connectivity index (χ1v) is 6.61. The van der Waals surface area contributed by atoms with Crippen LogP contribution in [0.1, 0.15) is 19.5 Å². The quantitative estimate of drug-likeness (QED) is 0.849. The summed E-state index contributed by atoms with van der Waals surface area (Å²) in [6, 6.07) is 0. The molecule has 0 bridgehead atoms. The standard InChI is InChI=1S/C12H15N3O3S/c1-12(2,10(17)18-3)14-9(16)6-8-7-15-4-5-19-11(15)13-8/h4-5,7H,6H2,1-3H3,(H,14,16). The summed E-state index contributed by atoms with van der Waals surface area (Å²) in [5.74, 6) is -0.743. The van der Waals surface area contributed by atoms with Gasteiger partial charge in [0, 0.05) is 17.8 Å². The van der Waals surface area contributed by atoms with Crippen LogP contribution in [0.4, 0.5) is 0 Å². The molecule has 102 valence electrons. The van der Waals surface area contributed by atoms with E-state index in [9.17, 15) is 9.59 Å². The van der Waals surface area contributed by atoms with Crippen molar-refractivity contribution in [3.8, 4) is 0 Å². The fraction of sp³-hybridized carbons (Fsp3) is 0.417. The van der Waals surface area contributed by atoms with Crippen LogP contribution in [0, 0.1) is 0 Å². The van der Waals surface area contributed by atoms with Crippen LogP contribution in [0.2, 0.25) is 0 Å². The molecule has 2 aromatic rings. The summed E-state index contributed by atoms with van der Waals surface area (Å²) in [6.07, 6.45) is 3.82. The SMILES string of the molecule is COC(=O)C(C)(C)NC(=O)Cc1cn2ccsc2n1. The first-order chi connectivity index (χ1) is 8.92. The van der Waals surface area contributed by atoms with Crippen molar-refractivity contribution in [2.45, 2.75) is 25.8 Å². The minimum atomic E-state index is -1.04. The number of imidazole rings is 1. The van der Waals surface area contributed by atoms with Crippen molar-refractivity contribution in [2.24, 2.45) is 0 Å². The van der Waals surface area contributed by atoms with Crippen LogP contribution in [0.5, 0.6) is 0 Å². The third-order valence-electron chi connectivity index (χ3n) is 2.63. The molecule has 0 spiro atoms. The Morgan fingerprint density at radius 1 is 1.53 bits per heavy atom. The van der Waals surface area contributed by atoms with Crippen LogP contribution in [-0.4, -0.2) is 33.9 Å². The average molecular weight is 281 g/mol. The molecule has 0 aromatic carbocycles. The average Bonchev–Trinajstić information content (AvgIpc) is 2.87. The molecule has 0 saturated heterocycles. The molecule has 0 aliphatic rings. The number of ether oxygens (including phenoxy) is 1. The number of esters is 1. The number of thiazole rings is 1. The van der Waals surface area contributed by atoms with Crippen molar-refractivity contribution < 1.29 is 14.3 Å². The third kappa shape index (κ3) is 2.93. The first-order valence-electron chi connectivity index (χ1n) is 5.73. The molecule has 0 aliphatic heterocycles. The van der Waals surface area contributed by atoms with E-state index in [1.54, 1.807) is 20.0 Å². The summed E-state index contributed by atoms with van der Waals surface area (Å²) in [5.41, 5.74) is -0.367. The number of methoxy groups -OCH3 is 1. The molecule has 7 heteroatoms. The van der Waals surface area contributed by atoms with Gasteiger partial charge in [0.25, 0.3) is 0 Å². The van der Waals surface area contributed by atoms with E-state index in [2.05, 4.69) is 15.0 Å². The molecule has 0 unspecified atom stereocenters. The number of nitrogens with zero attached hydrogens (tertiary/aromatic N) is 2. The van der Waals surface area contributed by atoms with Gasteiger partial charge in [-0.3, -0.25) is 9.20 Å². The van der Waals surface area contributed by atoms with E-state index in [0.717, 1.165) is 4.96 Å². The molecule has 2 aromatic heterocycles. The first kappa shape index (κ1) is 13.5. The van der Waals surface area contributed by atoms with Gasteiger partial charge in [0.1, 0.15) is 5.54 Å². The summed E-state index contributed by atoms with van der Waals surface area (Å²) in [7, 11) is 1.29. The number of nitrogens with one attached hydrogen (secondary N) is 1. The second-order valence-corrected chi connectivity index (χ2v) is 5.54. The molecule has 19 heavy (non-hydrogen) atoms. The molecular weight excluding hydrogens is 266 g/mol. The van der Waals surface area contributed by atoms with Crippen LogP contribution in [0.3, 0.4) is 0 Å². The highest BCUT2D eigenvalue weighted by Crippen LogP contribution is 2.12. The van der Waals surface area contributed by atoms with E-state index in [-0.39, 0.29) is 12.3 Å². The fourth-order valence-corrected chi connectivity index (χ4v) is 2.44. The highest BCUT2D eigenvalue weighted by Gasteiger charge is 2.30. The van der Waals surface area contributed by atoms with Crippen LogP contribution < -0.4 is 5.32 Å². The van der Waals surface area contributed by atoms with E-state index >= 15 is 0 Å². The Hall–Kier alpha value is -1.89. The Balaban J connectivity index is 2.01. The second kappa shape index (κ2) is 5.00. The molecule has 2 rings (SSSR count). The van der Waals surface area contributed by atoms with Gasteiger partial charge in [0.05, 0.1) is 19.2 Å². The maximum absolute atomic E-state index is 11.9. The van der Waals surface area contributed by atoms with Crippen LogP contribution >= 0.6 is 11.3 Å². The van der Waals surface area contributed by atoms with E-state index in [0.29, 0.717) is 5.69 Å². The van der Waals surface area contributed by atoms with Crippen molar-refractivity contribution >= 4 is 28.2 Å². The zero-order valence-electron chi connectivity index (χ0n) is 11.0. The van der Waals surface area contributed by atoms with E-state index in [1.807, 2.05) is 16.0 Å². The molecule has 0 saturated carbocycles. The summed E-state index contributed by atoms with van der Waals surface area (Å²) in [5, 5.41) is 4.56. The Morgan fingerprint density at radius 2 is 2.26 bits per heavy atom. The van der Waals surface area contributed by atoms with E-state index in [4.69, 9.17) is 0 Å². The summed E-state index contributed by atoms with van der Waals surface area (Å²) >= 11 is 1.50. The molecule has 0 aliphatic carbocycles. The van der Waals surface area contributed by atoms with Gasteiger partial charge >= 0.3 is 5.97 Å². The van der Waals surface area contributed by atoms with Gasteiger partial charge in [0.15, 0.2) is 4.96 Å². The van der Waals surface area contributed by atoms with Gasteiger partial charge in [-0.15, -0.1) is 11.3 Å². The fourth-order valence-electron chi connectivity index (χ4n) is 1.72. The summed E-state index contributed by atoms with van der Waals surface area (Å²) in [6.45, 7) is 3.20. The lowest BCUT2D eigenvalue weighted by molar-refractivity contribution is -0.149. The van der Waals surface area contributed by atoms with Crippen molar-refractivity contribution in [2.75, 3.05) is 7.11 Å². The Morgan fingerprint density at radius 3 is 2.89 bits per heavy atom. The molecule has 0 fully saturated rings. The topological polar surface area (TPSA) is 72.7 Å². The smallest absolute Gasteiger partial charge is 0.330 e. The van der Waals surface area contributed by atoms with Gasteiger partial charge in [-0.05, 0) is 13.8 Å². The van der Waals surface area contributed by atoms with E-state index < -0.39 is 11.5 Å². The second-order valence-electron chi connectivity index (χ2n) is 4.67. The Bertz CT molecular complexity index is 586. The zero-order valence-corrected chi connectivity index (χ0v) is 11.8. The number of hydrogen-bond acceptors (Lipinski definition) is 5. The number of fused-ring (bicyclic) bond motifs is 1. The Labute approximate surface area is 114 Å². The number of carbonyl (C=O) groups is 2. The summed E-state index contributed by atoms with van der Waals surface area (Å²) in [4.78, 5) is 28.5. The number of aromatic nitrogens is 2. The molecular formula is C12H15N3O3S. The summed E-state index contributed by atoms with van der Waals surface area (Å²) < 4.78 is 6.49. The zero-order chi connectivity index (χ0) is 14.0. The largest absolute Gasteiger partial charge is 0.467 e. The predicted molar refractivity (Wildman–Crippen MR) is 71.0 cm³/mol. The van der Waals surface area contributed by atoms with Gasteiger partial charge in [-0.1, -0.05) is 0 Å². The molecule has 0 atom stereocenters. The Kier molecular flexibility index (Phi) is 3.57. The highest BCUT2D eigenvalue weighted by molar-refractivity contribution is 7.15. The number of carbonyl (C=O) groups excluding carboxylic acids is 2. The molecule has 2 heterocycles. The van der Waals surface area contributed by atoms with Crippen molar-refractivity contribution in [3.05, 3.63) is 23.5 Å². The number of amides is 1. The molecule has 1 amide bonds. The van der Waals surface area contributed by atoms with Gasteiger partial charge in [0.2, 0.25) is 5.91 Å². The lowest BCUT2D eigenvalue weighted by Gasteiger charge is -2.22. The molecule has 6 nitrogen and oxygen atoms in total. The number of hydrogen-bond donors (Lipinski definition) is 1. The van der Waals surface area contributed by atoms with Gasteiger partial charge in [-0.25, -0.2) is 9.78 Å². The number of rotatable bonds is 4. The monoisotopic (exact) mass is 281 g/mol. The molecule has 0 radical (unpaired) electrons. The minimum Gasteiger partial charge on any atom is -0.467 e. The predicted octanol–water partition coefficient (Wildman–Crippen LogP) is 1.01. The lowest BCUT2D eigenvalue weighted by Crippen LogP contribution is -2.50. The maximum atomic E-state index is 11.9. The lowest BCUT2D eigenvalue weighted by atomic mass is 10.1. The van der Waals surface area contributed by atoms with Crippen LogP contribution in [-0.2, 0) is 20.7 Å². The molecule has 1 N–H and O–H groups in total. The van der Waals surface area contributed by atoms with Gasteiger partial charge in [-0.2, -0.15) is 0 Å².